The van der Waals surface area contributed by atoms with Crippen molar-refractivity contribution in [2.24, 2.45) is 5.92 Å². The highest BCUT2D eigenvalue weighted by molar-refractivity contribution is 6.00. The largest absolute Gasteiger partial charge is 0.497 e. The maximum Gasteiger partial charge on any atom is 0.228 e. The number of benzene rings is 1. The minimum Gasteiger partial charge on any atom is -0.497 e. The first-order valence-electron chi connectivity index (χ1n) is 10.3. The first kappa shape index (κ1) is 18.8. The van der Waals surface area contributed by atoms with Gasteiger partial charge in [-0.25, -0.2) is 9.97 Å². The molecule has 3 atom stereocenters. The monoisotopic (exact) mass is 407 g/mol. The summed E-state index contributed by atoms with van der Waals surface area (Å²) in [6.45, 7) is 3.93. The van der Waals surface area contributed by atoms with Crippen LogP contribution >= 0.6 is 0 Å². The lowest BCUT2D eigenvalue weighted by molar-refractivity contribution is -0.150. The molecule has 0 aliphatic carbocycles. The third-order valence-corrected chi connectivity index (χ3v) is 6.40. The number of aryl methyl sites for hydroxylation is 1. The van der Waals surface area contributed by atoms with Gasteiger partial charge in [0.15, 0.2) is 0 Å². The molecule has 4 saturated heterocycles. The number of carbonyl (C=O) groups is 2. The fourth-order valence-electron chi connectivity index (χ4n) is 4.88. The molecule has 8 nitrogen and oxygen atoms in total. The predicted octanol–water partition coefficient (Wildman–Crippen LogP) is 1.64. The molecule has 6 rings (SSSR count). The third-order valence-electron chi connectivity index (χ3n) is 6.40. The van der Waals surface area contributed by atoms with E-state index in [1.807, 2.05) is 42.2 Å². The van der Waals surface area contributed by atoms with Crippen LogP contribution < -0.4 is 14.5 Å². The van der Waals surface area contributed by atoms with Crippen molar-refractivity contribution in [1.29, 1.82) is 0 Å². The number of amides is 2. The van der Waals surface area contributed by atoms with Gasteiger partial charge in [-0.3, -0.25) is 9.59 Å². The topological polar surface area (TPSA) is 78.9 Å². The Morgan fingerprint density at radius 3 is 2.67 bits per heavy atom. The number of piperazine rings is 1. The van der Waals surface area contributed by atoms with E-state index < -0.39 is 0 Å². The van der Waals surface area contributed by atoms with E-state index in [0.29, 0.717) is 12.3 Å². The van der Waals surface area contributed by atoms with Crippen LogP contribution in [0.15, 0.2) is 36.7 Å². The molecule has 8 heteroatoms. The number of ether oxygens (including phenoxy) is 1. The van der Waals surface area contributed by atoms with Crippen LogP contribution in [0, 0.1) is 12.8 Å². The fraction of sp³-hybridized carbons (Fsp3) is 0.455. The molecule has 2 bridgehead atoms. The van der Waals surface area contributed by atoms with Gasteiger partial charge in [0.25, 0.3) is 0 Å². The van der Waals surface area contributed by atoms with Crippen molar-refractivity contribution in [1.82, 2.24) is 14.9 Å². The smallest absolute Gasteiger partial charge is 0.228 e. The fourth-order valence-corrected chi connectivity index (χ4v) is 4.88. The van der Waals surface area contributed by atoms with Gasteiger partial charge in [-0.1, -0.05) is 6.07 Å². The molecule has 1 aromatic heterocycles. The van der Waals surface area contributed by atoms with Gasteiger partial charge in [0.1, 0.15) is 17.9 Å². The summed E-state index contributed by atoms with van der Waals surface area (Å²) in [5.74, 6) is 1.43. The van der Waals surface area contributed by atoms with E-state index >= 15 is 0 Å². The van der Waals surface area contributed by atoms with Crippen molar-refractivity contribution in [3.63, 3.8) is 0 Å². The molecule has 4 aliphatic rings. The van der Waals surface area contributed by atoms with Gasteiger partial charge in [-0.15, -0.1) is 0 Å². The van der Waals surface area contributed by atoms with Crippen LogP contribution in [-0.2, 0) is 9.59 Å². The molecule has 2 aromatic rings. The van der Waals surface area contributed by atoms with Gasteiger partial charge in [0, 0.05) is 49.6 Å². The number of piperidine rings is 1. The van der Waals surface area contributed by atoms with E-state index in [-0.39, 0.29) is 36.2 Å². The number of methoxy groups -OCH3 is 1. The van der Waals surface area contributed by atoms with Crippen molar-refractivity contribution in [3.8, 4) is 5.75 Å². The van der Waals surface area contributed by atoms with E-state index in [4.69, 9.17) is 4.74 Å². The summed E-state index contributed by atoms with van der Waals surface area (Å²) in [6, 6.07) is 9.79. The maximum absolute atomic E-state index is 13.3. The predicted molar refractivity (Wildman–Crippen MR) is 111 cm³/mol. The quantitative estimate of drug-likeness (QED) is 0.767. The van der Waals surface area contributed by atoms with E-state index in [1.54, 1.807) is 18.3 Å². The highest BCUT2D eigenvalue weighted by atomic mass is 16.5. The Morgan fingerprint density at radius 2 is 1.93 bits per heavy atom. The van der Waals surface area contributed by atoms with Gasteiger partial charge < -0.3 is 19.4 Å². The van der Waals surface area contributed by atoms with Gasteiger partial charge in [-0.2, -0.15) is 0 Å². The number of aromatic nitrogens is 2. The van der Waals surface area contributed by atoms with Gasteiger partial charge in [0.2, 0.25) is 11.8 Å². The molecule has 0 N–H and O–H groups in total. The zero-order chi connectivity index (χ0) is 20.8. The Labute approximate surface area is 175 Å². The van der Waals surface area contributed by atoms with Crippen LogP contribution in [0.1, 0.15) is 18.5 Å². The van der Waals surface area contributed by atoms with E-state index in [9.17, 15) is 9.59 Å². The summed E-state index contributed by atoms with van der Waals surface area (Å²) < 4.78 is 5.27. The zero-order valence-corrected chi connectivity index (χ0v) is 17.2. The van der Waals surface area contributed by atoms with Gasteiger partial charge in [0.05, 0.1) is 25.1 Å². The molecule has 30 heavy (non-hydrogen) atoms. The number of hydrogen-bond donors (Lipinski definition) is 0. The molecule has 4 fully saturated rings. The minimum atomic E-state index is -0.290. The number of nitrogens with zero attached hydrogens (tertiary/aromatic N) is 5. The van der Waals surface area contributed by atoms with Gasteiger partial charge in [-0.05, 0) is 25.5 Å². The standard InChI is InChI=1S/C22H25N5O3/c1-14-6-20(24-13-23-14)25-11-17-8-18(12-25)27(17)22(29)15-7-21(28)26(10-15)16-4-3-5-19(9-16)30-2/h3-6,9,13,15,17-18H,7-8,10-12H2,1-2H3. The van der Waals surface area contributed by atoms with Crippen molar-refractivity contribution in [2.45, 2.75) is 31.8 Å². The molecule has 1 aromatic carbocycles. The molecule has 0 saturated carbocycles. The maximum atomic E-state index is 13.3. The van der Waals surface area contributed by atoms with Crippen molar-refractivity contribution in [3.05, 3.63) is 42.4 Å². The summed E-state index contributed by atoms with van der Waals surface area (Å²) in [4.78, 5) is 40.4. The first-order chi connectivity index (χ1) is 14.5. The second-order valence-electron chi connectivity index (χ2n) is 8.32. The van der Waals surface area contributed by atoms with Crippen LogP contribution in [0.3, 0.4) is 0 Å². The van der Waals surface area contributed by atoms with Crippen molar-refractivity contribution >= 4 is 23.3 Å². The summed E-state index contributed by atoms with van der Waals surface area (Å²) >= 11 is 0. The highest BCUT2D eigenvalue weighted by Gasteiger charge is 2.50. The summed E-state index contributed by atoms with van der Waals surface area (Å²) in [7, 11) is 1.60. The lowest BCUT2D eigenvalue weighted by Gasteiger charge is -2.57. The van der Waals surface area contributed by atoms with Crippen LogP contribution in [0.4, 0.5) is 11.5 Å². The third kappa shape index (κ3) is 3.16. The zero-order valence-electron chi connectivity index (χ0n) is 17.2. The van der Waals surface area contributed by atoms with Crippen LogP contribution in [0.25, 0.3) is 0 Å². The minimum absolute atomic E-state index is 0.00891. The Bertz CT molecular complexity index is 984. The van der Waals surface area contributed by atoms with Gasteiger partial charge >= 0.3 is 0 Å². The second-order valence-corrected chi connectivity index (χ2v) is 8.32. The molecule has 2 amide bonds. The second kappa shape index (κ2) is 7.27. The summed E-state index contributed by atoms with van der Waals surface area (Å²) in [6.07, 6.45) is 2.87. The first-order valence-corrected chi connectivity index (χ1v) is 10.3. The average molecular weight is 407 g/mol. The number of hydrogen-bond acceptors (Lipinski definition) is 6. The highest BCUT2D eigenvalue weighted by Crippen LogP contribution is 2.37. The number of anilines is 2. The molecular formula is C22H25N5O3. The normalized spacial score (nSPS) is 25.3. The average Bonchev–Trinajstić information content (AvgIpc) is 3.15. The van der Waals surface area contributed by atoms with Crippen molar-refractivity contribution < 1.29 is 14.3 Å². The Morgan fingerprint density at radius 1 is 1.13 bits per heavy atom. The lowest BCUT2D eigenvalue weighted by Crippen LogP contribution is -2.71. The number of rotatable bonds is 4. The van der Waals surface area contributed by atoms with Crippen LogP contribution in [-0.4, -0.2) is 65.5 Å². The van der Waals surface area contributed by atoms with E-state index in [1.165, 1.54) is 0 Å². The van der Waals surface area contributed by atoms with Crippen molar-refractivity contribution in [2.75, 3.05) is 36.5 Å². The number of carbonyl (C=O) groups excluding carboxylic acids is 2. The summed E-state index contributed by atoms with van der Waals surface area (Å²) in [5, 5.41) is 0. The Kier molecular flexibility index (Phi) is 4.56. The molecule has 156 valence electrons. The Hall–Kier alpha value is -3.16. The molecular weight excluding hydrogens is 382 g/mol. The van der Waals surface area contributed by atoms with E-state index in [2.05, 4.69) is 14.9 Å². The molecule has 0 spiro atoms. The lowest BCUT2D eigenvalue weighted by atomic mass is 9.85. The van der Waals surface area contributed by atoms with Crippen LogP contribution in [0.2, 0.25) is 0 Å². The van der Waals surface area contributed by atoms with Crippen LogP contribution in [0.5, 0.6) is 5.75 Å². The molecule has 3 unspecified atom stereocenters. The summed E-state index contributed by atoms with van der Waals surface area (Å²) in [5.41, 5.74) is 1.72. The van der Waals surface area contributed by atoms with E-state index in [0.717, 1.165) is 36.7 Å². The molecule has 0 radical (unpaired) electrons. The SMILES string of the molecule is COc1cccc(N2CC(C(=O)N3C4CC3CN(c3cc(C)ncn3)C4)CC2=O)c1. The molecule has 5 heterocycles. The Balaban J connectivity index is 1.26. The molecule has 4 aliphatic heterocycles. The number of fused-ring (bicyclic) bond motifs is 2.